The number of nitriles is 1. The van der Waals surface area contributed by atoms with Crippen LogP contribution in [0, 0.1) is 52.3 Å². The van der Waals surface area contributed by atoms with Crippen molar-refractivity contribution >= 4 is 5.78 Å². The first-order valence-electron chi connectivity index (χ1n) is 9.90. The highest BCUT2D eigenvalue weighted by atomic mass is 16.1. The molecule has 0 aromatic carbocycles. The first-order valence-corrected chi connectivity index (χ1v) is 9.90. The van der Waals surface area contributed by atoms with Gasteiger partial charge in [-0.1, -0.05) is 18.6 Å². The average Bonchev–Trinajstić information content (AvgIpc) is 2.99. The first kappa shape index (κ1) is 16.1. The van der Waals surface area contributed by atoms with Crippen LogP contribution >= 0.6 is 0 Å². The van der Waals surface area contributed by atoms with Gasteiger partial charge in [0.05, 0.1) is 12.0 Å². The molecule has 3 saturated carbocycles. The third kappa shape index (κ3) is 2.10. The van der Waals surface area contributed by atoms with E-state index in [2.05, 4.69) is 25.6 Å². The number of allylic oxidation sites excluding steroid dienone is 2. The predicted octanol–water partition coefficient (Wildman–Crippen LogP) is 5.07. The van der Waals surface area contributed by atoms with Crippen molar-refractivity contribution in [2.75, 3.05) is 0 Å². The van der Waals surface area contributed by atoms with Crippen molar-refractivity contribution in [1.29, 1.82) is 5.26 Å². The van der Waals surface area contributed by atoms with Crippen molar-refractivity contribution in [2.24, 2.45) is 40.9 Å². The van der Waals surface area contributed by atoms with Gasteiger partial charge in [0.25, 0.3) is 0 Å². The Labute approximate surface area is 146 Å². The van der Waals surface area contributed by atoms with Gasteiger partial charge in [-0.15, -0.1) is 6.58 Å². The fourth-order valence-corrected chi connectivity index (χ4v) is 7.22. The van der Waals surface area contributed by atoms with Crippen LogP contribution in [0.15, 0.2) is 24.3 Å². The van der Waals surface area contributed by atoms with Crippen molar-refractivity contribution < 1.29 is 4.79 Å². The Morgan fingerprint density at radius 2 is 2.21 bits per heavy atom. The lowest BCUT2D eigenvalue weighted by atomic mass is 9.48. The molecule has 128 valence electrons. The number of hydrogen-bond donors (Lipinski definition) is 0. The molecule has 2 heteroatoms. The normalized spacial score (nSPS) is 47.0. The Bertz CT molecular complexity index is 626. The maximum atomic E-state index is 11.9. The molecule has 0 aliphatic heterocycles. The summed E-state index contributed by atoms with van der Waals surface area (Å²) in [6.07, 6.45) is 12.9. The summed E-state index contributed by atoms with van der Waals surface area (Å²) >= 11 is 0. The lowest BCUT2D eigenvalue weighted by Gasteiger charge is -2.56. The molecule has 3 fully saturated rings. The van der Waals surface area contributed by atoms with E-state index in [1.54, 1.807) is 0 Å². The van der Waals surface area contributed by atoms with Gasteiger partial charge in [-0.05, 0) is 86.0 Å². The summed E-state index contributed by atoms with van der Waals surface area (Å²) < 4.78 is 0. The topological polar surface area (TPSA) is 40.9 Å². The molecular formula is C22H29NO. The Morgan fingerprint density at radius 1 is 1.38 bits per heavy atom. The smallest absolute Gasteiger partial charge is 0.155 e. The van der Waals surface area contributed by atoms with Crippen molar-refractivity contribution in [3.05, 3.63) is 24.3 Å². The summed E-state index contributed by atoms with van der Waals surface area (Å²) in [5.41, 5.74) is 1.67. The minimum atomic E-state index is 0.253. The van der Waals surface area contributed by atoms with Gasteiger partial charge in [0, 0.05) is 6.42 Å². The second kappa shape index (κ2) is 5.87. The van der Waals surface area contributed by atoms with Crippen LogP contribution in [0.3, 0.4) is 0 Å². The maximum Gasteiger partial charge on any atom is 0.155 e. The molecule has 4 aliphatic carbocycles. The summed E-state index contributed by atoms with van der Waals surface area (Å²) in [4.78, 5) is 11.9. The van der Waals surface area contributed by atoms with E-state index in [-0.39, 0.29) is 11.3 Å². The highest BCUT2D eigenvalue weighted by molar-refractivity contribution is 5.91. The van der Waals surface area contributed by atoms with E-state index < -0.39 is 0 Å². The summed E-state index contributed by atoms with van der Waals surface area (Å²) in [5, 5.41) is 9.72. The lowest BCUT2D eigenvalue weighted by Crippen LogP contribution is -2.50. The number of rotatable bonds is 2. The van der Waals surface area contributed by atoms with Gasteiger partial charge in [0.1, 0.15) is 0 Å². The van der Waals surface area contributed by atoms with Crippen molar-refractivity contribution in [3.63, 3.8) is 0 Å². The van der Waals surface area contributed by atoms with Crippen molar-refractivity contribution in [3.8, 4) is 6.07 Å². The third-order valence-corrected chi connectivity index (χ3v) is 8.22. The predicted molar refractivity (Wildman–Crippen MR) is 94.9 cm³/mol. The molecule has 0 spiro atoms. The van der Waals surface area contributed by atoms with E-state index in [1.165, 1.54) is 24.8 Å². The quantitative estimate of drug-likeness (QED) is 0.666. The number of ketones is 1. The molecule has 4 aliphatic rings. The molecule has 0 radical (unpaired) electrons. The van der Waals surface area contributed by atoms with Crippen molar-refractivity contribution in [2.45, 2.75) is 58.3 Å². The van der Waals surface area contributed by atoms with Crippen molar-refractivity contribution in [1.82, 2.24) is 0 Å². The van der Waals surface area contributed by atoms with Crippen LogP contribution < -0.4 is 0 Å². The van der Waals surface area contributed by atoms with E-state index in [9.17, 15) is 10.1 Å². The molecule has 7 atom stereocenters. The molecule has 0 amide bonds. The molecular weight excluding hydrogens is 294 g/mol. The zero-order valence-electron chi connectivity index (χ0n) is 14.8. The lowest BCUT2D eigenvalue weighted by molar-refractivity contribution is -0.116. The Morgan fingerprint density at radius 3 is 2.92 bits per heavy atom. The van der Waals surface area contributed by atoms with Gasteiger partial charge < -0.3 is 0 Å². The molecule has 0 heterocycles. The van der Waals surface area contributed by atoms with E-state index >= 15 is 0 Å². The minimum Gasteiger partial charge on any atom is -0.295 e. The molecule has 0 saturated heterocycles. The van der Waals surface area contributed by atoms with Crippen LogP contribution in [0.4, 0.5) is 0 Å². The van der Waals surface area contributed by atoms with Crippen LogP contribution in [0.2, 0.25) is 0 Å². The first-order chi connectivity index (χ1) is 11.6. The zero-order chi connectivity index (χ0) is 16.9. The molecule has 24 heavy (non-hydrogen) atoms. The van der Waals surface area contributed by atoms with E-state index in [0.29, 0.717) is 35.4 Å². The molecule has 0 aromatic heterocycles. The molecule has 0 N–H and O–H groups in total. The highest BCUT2D eigenvalue weighted by Crippen LogP contribution is 2.66. The monoisotopic (exact) mass is 323 g/mol. The number of hydrogen-bond acceptors (Lipinski definition) is 2. The Hall–Kier alpha value is -1.36. The fraction of sp³-hybridized carbons (Fsp3) is 0.727. The van der Waals surface area contributed by atoms with Gasteiger partial charge >= 0.3 is 0 Å². The largest absolute Gasteiger partial charge is 0.295 e. The van der Waals surface area contributed by atoms with Crippen LogP contribution in [-0.4, -0.2) is 5.78 Å². The van der Waals surface area contributed by atoms with E-state index in [1.807, 2.05) is 6.08 Å². The van der Waals surface area contributed by atoms with Gasteiger partial charge in [0.15, 0.2) is 5.78 Å². The van der Waals surface area contributed by atoms with Gasteiger partial charge in [-0.2, -0.15) is 5.26 Å². The standard InChI is InChI=1S/C22H29NO/c1-3-14-11-15-12-17(24)6-7-18(15)19-9-10-22(4-2)16(13-23)5-8-20(22)21(14)19/h3,12,14,16,18-21H,1,4-11H2,2H3. The van der Waals surface area contributed by atoms with E-state index in [4.69, 9.17) is 0 Å². The number of carbonyl (C=O) groups is 1. The maximum absolute atomic E-state index is 11.9. The summed E-state index contributed by atoms with van der Waals surface area (Å²) in [7, 11) is 0. The van der Waals surface area contributed by atoms with Gasteiger partial charge in [0.2, 0.25) is 0 Å². The minimum absolute atomic E-state index is 0.253. The SMILES string of the molecule is C=CC1CC2=CC(=O)CCC2C2CCC3(CC)C(C#N)CCC3C12. The number of fused-ring (bicyclic) bond motifs is 5. The molecule has 7 unspecified atom stereocenters. The second-order valence-electron chi connectivity index (χ2n) is 8.67. The number of nitrogens with zero attached hydrogens (tertiary/aromatic N) is 1. The summed E-state index contributed by atoms with van der Waals surface area (Å²) in [5.74, 6) is 3.79. The molecule has 0 aromatic rings. The Kier molecular flexibility index (Phi) is 3.94. The molecule has 2 nitrogen and oxygen atoms in total. The average molecular weight is 323 g/mol. The van der Waals surface area contributed by atoms with Gasteiger partial charge in [-0.3, -0.25) is 4.79 Å². The molecule has 4 rings (SSSR count). The number of carbonyl (C=O) groups excluding carboxylic acids is 1. The Balaban J connectivity index is 1.72. The third-order valence-electron chi connectivity index (χ3n) is 8.22. The fourth-order valence-electron chi connectivity index (χ4n) is 7.22. The van der Waals surface area contributed by atoms with Crippen LogP contribution in [0.1, 0.15) is 58.3 Å². The van der Waals surface area contributed by atoms with E-state index in [0.717, 1.165) is 32.1 Å². The second-order valence-corrected chi connectivity index (χ2v) is 8.67. The van der Waals surface area contributed by atoms with Crippen LogP contribution in [0.5, 0.6) is 0 Å². The van der Waals surface area contributed by atoms with Crippen LogP contribution in [-0.2, 0) is 4.79 Å². The molecule has 0 bridgehead atoms. The van der Waals surface area contributed by atoms with Crippen LogP contribution in [0.25, 0.3) is 0 Å². The highest BCUT2D eigenvalue weighted by Gasteiger charge is 2.59. The zero-order valence-corrected chi connectivity index (χ0v) is 14.8. The van der Waals surface area contributed by atoms with Gasteiger partial charge in [-0.25, -0.2) is 0 Å². The summed E-state index contributed by atoms with van der Waals surface area (Å²) in [6, 6.07) is 2.66. The summed E-state index contributed by atoms with van der Waals surface area (Å²) in [6.45, 7) is 6.46.